The summed E-state index contributed by atoms with van der Waals surface area (Å²) in [5, 5.41) is 3.41. The van der Waals surface area contributed by atoms with Crippen molar-refractivity contribution in [2.75, 3.05) is 19.8 Å². The highest BCUT2D eigenvalue weighted by atomic mass is 16.5. The standard InChI is InChI=1S/C15H23NO/c1-14(2)9-12-17-11-6-10-16-13-15-7-4-3-5-8-15/h3-5,7-9,16H,6,10-13H2,1-2H3. The van der Waals surface area contributed by atoms with E-state index in [2.05, 4.69) is 49.5 Å². The Morgan fingerprint density at radius 3 is 2.71 bits per heavy atom. The highest BCUT2D eigenvalue weighted by Crippen LogP contribution is 1.97. The first-order valence-corrected chi connectivity index (χ1v) is 6.25. The molecule has 0 heterocycles. The summed E-state index contributed by atoms with van der Waals surface area (Å²) in [6, 6.07) is 10.5. The zero-order chi connectivity index (χ0) is 12.3. The van der Waals surface area contributed by atoms with Gasteiger partial charge in [-0.05, 0) is 32.4 Å². The van der Waals surface area contributed by atoms with Crippen LogP contribution in [0.1, 0.15) is 25.8 Å². The van der Waals surface area contributed by atoms with Crippen molar-refractivity contribution < 1.29 is 4.74 Å². The Hall–Kier alpha value is -1.12. The maximum Gasteiger partial charge on any atom is 0.0649 e. The fourth-order valence-electron chi connectivity index (χ4n) is 1.44. The quantitative estimate of drug-likeness (QED) is 0.550. The minimum absolute atomic E-state index is 0.737. The predicted octanol–water partition coefficient (Wildman–Crippen LogP) is 3.15. The summed E-state index contributed by atoms with van der Waals surface area (Å²) in [5.41, 5.74) is 2.64. The Morgan fingerprint density at radius 2 is 2.00 bits per heavy atom. The van der Waals surface area contributed by atoms with Crippen LogP contribution >= 0.6 is 0 Å². The van der Waals surface area contributed by atoms with E-state index in [0.29, 0.717) is 0 Å². The molecule has 94 valence electrons. The lowest BCUT2D eigenvalue weighted by atomic mass is 10.2. The van der Waals surface area contributed by atoms with Gasteiger partial charge in [0.1, 0.15) is 0 Å². The average molecular weight is 233 g/mol. The molecule has 17 heavy (non-hydrogen) atoms. The van der Waals surface area contributed by atoms with E-state index in [4.69, 9.17) is 4.74 Å². The van der Waals surface area contributed by atoms with Gasteiger partial charge in [0.15, 0.2) is 0 Å². The highest BCUT2D eigenvalue weighted by Gasteiger charge is 1.91. The summed E-state index contributed by atoms with van der Waals surface area (Å²) in [6.45, 7) is 7.68. The van der Waals surface area contributed by atoms with Gasteiger partial charge in [-0.1, -0.05) is 42.0 Å². The Labute approximate surface area is 105 Å². The zero-order valence-electron chi connectivity index (χ0n) is 10.9. The minimum atomic E-state index is 0.737. The molecular weight excluding hydrogens is 210 g/mol. The molecule has 1 aromatic carbocycles. The van der Waals surface area contributed by atoms with Crippen molar-refractivity contribution in [3.8, 4) is 0 Å². The van der Waals surface area contributed by atoms with E-state index in [1.165, 1.54) is 11.1 Å². The predicted molar refractivity (Wildman–Crippen MR) is 73.0 cm³/mol. The van der Waals surface area contributed by atoms with Gasteiger partial charge in [-0.3, -0.25) is 0 Å². The number of rotatable bonds is 8. The van der Waals surface area contributed by atoms with Crippen LogP contribution in [0, 0.1) is 0 Å². The van der Waals surface area contributed by atoms with Gasteiger partial charge in [-0.25, -0.2) is 0 Å². The number of nitrogens with one attached hydrogen (secondary N) is 1. The van der Waals surface area contributed by atoms with E-state index in [1.807, 2.05) is 6.07 Å². The molecule has 0 atom stereocenters. The average Bonchev–Trinajstić information content (AvgIpc) is 2.33. The summed E-state index contributed by atoms with van der Waals surface area (Å²) in [7, 11) is 0. The molecule has 2 heteroatoms. The molecule has 1 rings (SSSR count). The van der Waals surface area contributed by atoms with Gasteiger partial charge in [-0.15, -0.1) is 0 Å². The number of hydrogen-bond donors (Lipinski definition) is 1. The van der Waals surface area contributed by atoms with Gasteiger partial charge in [-0.2, -0.15) is 0 Å². The van der Waals surface area contributed by atoms with Gasteiger partial charge >= 0.3 is 0 Å². The molecule has 0 aliphatic heterocycles. The molecule has 1 N–H and O–H groups in total. The van der Waals surface area contributed by atoms with E-state index >= 15 is 0 Å². The van der Waals surface area contributed by atoms with Crippen LogP contribution in [0.15, 0.2) is 42.0 Å². The number of hydrogen-bond acceptors (Lipinski definition) is 2. The Morgan fingerprint density at radius 1 is 1.24 bits per heavy atom. The first-order chi connectivity index (χ1) is 8.29. The third kappa shape index (κ3) is 7.72. The molecule has 0 spiro atoms. The number of benzene rings is 1. The van der Waals surface area contributed by atoms with Crippen molar-refractivity contribution in [1.29, 1.82) is 0 Å². The van der Waals surface area contributed by atoms with Crippen molar-refractivity contribution >= 4 is 0 Å². The maximum atomic E-state index is 5.48. The molecule has 2 nitrogen and oxygen atoms in total. The van der Waals surface area contributed by atoms with Crippen LogP contribution in [-0.2, 0) is 11.3 Å². The van der Waals surface area contributed by atoms with E-state index in [1.54, 1.807) is 0 Å². The van der Waals surface area contributed by atoms with Crippen LogP contribution < -0.4 is 5.32 Å². The van der Waals surface area contributed by atoms with Crippen LogP contribution in [0.4, 0.5) is 0 Å². The first kappa shape index (κ1) is 13.9. The molecule has 0 unspecified atom stereocenters. The fraction of sp³-hybridized carbons (Fsp3) is 0.467. The van der Waals surface area contributed by atoms with Crippen molar-refractivity contribution in [1.82, 2.24) is 5.32 Å². The second kappa shape index (κ2) is 8.97. The van der Waals surface area contributed by atoms with Gasteiger partial charge in [0.25, 0.3) is 0 Å². The molecular formula is C15H23NO. The summed E-state index contributed by atoms with van der Waals surface area (Å²) < 4.78 is 5.48. The molecule has 0 fully saturated rings. The third-order valence-electron chi connectivity index (χ3n) is 2.42. The van der Waals surface area contributed by atoms with Crippen LogP contribution in [0.3, 0.4) is 0 Å². The third-order valence-corrected chi connectivity index (χ3v) is 2.42. The van der Waals surface area contributed by atoms with Crippen LogP contribution in [-0.4, -0.2) is 19.8 Å². The van der Waals surface area contributed by atoms with Crippen molar-refractivity contribution in [3.63, 3.8) is 0 Å². The number of allylic oxidation sites excluding steroid dienone is 1. The lowest BCUT2D eigenvalue weighted by Gasteiger charge is -2.05. The van der Waals surface area contributed by atoms with E-state index in [-0.39, 0.29) is 0 Å². The van der Waals surface area contributed by atoms with Gasteiger partial charge in [0.05, 0.1) is 6.61 Å². The van der Waals surface area contributed by atoms with Gasteiger partial charge in [0, 0.05) is 13.2 Å². The maximum absolute atomic E-state index is 5.48. The molecule has 1 aromatic rings. The van der Waals surface area contributed by atoms with Crippen molar-refractivity contribution in [3.05, 3.63) is 47.5 Å². The lowest BCUT2D eigenvalue weighted by Crippen LogP contribution is -2.16. The second-order valence-electron chi connectivity index (χ2n) is 4.37. The van der Waals surface area contributed by atoms with E-state index < -0.39 is 0 Å². The van der Waals surface area contributed by atoms with Crippen molar-refractivity contribution in [2.24, 2.45) is 0 Å². The van der Waals surface area contributed by atoms with Crippen LogP contribution in [0.5, 0.6) is 0 Å². The Kier molecular flexibility index (Phi) is 7.35. The molecule has 0 aromatic heterocycles. The normalized spacial score (nSPS) is 10.2. The Bertz CT molecular complexity index is 315. The Balaban J connectivity index is 1.93. The van der Waals surface area contributed by atoms with Gasteiger partial charge in [0.2, 0.25) is 0 Å². The van der Waals surface area contributed by atoms with Crippen molar-refractivity contribution in [2.45, 2.75) is 26.8 Å². The largest absolute Gasteiger partial charge is 0.377 e. The second-order valence-corrected chi connectivity index (χ2v) is 4.37. The molecule has 0 radical (unpaired) electrons. The molecule has 0 saturated carbocycles. The number of ether oxygens (including phenoxy) is 1. The monoisotopic (exact) mass is 233 g/mol. The summed E-state index contributed by atoms with van der Waals surface area (Å²) >= 11 is 0. The molecule has 0 aliphatic carbocycles. The minimum Gasteiger partial charge on any atom is -0.377 e. The topological polar surface area (TPSA) is 21.3 Å². The smallest absolute Gasteiger partial charge is 0.0649 e. The van der Waals surface area contributed by atoms with E-state index in [0.717, 1.165) is 32.7 Å². The molecule has 0 saturated heterocycles. The van der Waals surface area contributed by atoms with E-state index in [9.17, 15) is 0 Å². The zero-order valence-corrected chi connectivity index (χ0v) is 10.9. The van der Waals surface area contributed by atoms with Crippen LogP contribution in [0.25, 0.3) is 0 Å². The molecule has 0 amide bonds. The SMILES string of the molecule is CC(C)=CCOCCCNCc1ccccc1. The summed E-state index contributed by atoms with van der Waals surface area (Å²) in [6.07, 6.45) is 3.17. The fourth-order valence-corrected chi connectivity index (χ4v) is 1.44. The summed E-state index contributed by atoms with van der Waals surface area (Å²) in [5.74, 6) is 0. The first-order valence-electron chi connectivity index (χ1n) is 6.25. The lowest BCUT2D eigenvalue weighted by molar-refractivity contribution is 0.158. The molecule has 0 bridgehead atoms. The van der Waals surface area contributed by atoms with Crippen LogP contribution in [0.2, 0.25) is 0 Å². The summed E-state index contributed by atoms with van der Waals surface area (Å²) in [4.78, 5) is 0. The highest BCUT2D eigenvalue weighted by molar-refractivity contribution is 5.14. The van der Waals surface area contributed by atoms with Gasteiger partial charge < -0.3 is 10.1 Å². The molecule has 0 aliphatic rings.